The van der Waals surface area contributed by atoms with Crippen LogP contribution in [-0.2, 0) is 0 Å². The van der Waals surface area contributed by atoms with E-state index in [2.05, 4.69) is 5.32 Å². The number of urea groups is 1. The minimum atomic E-state index is -0.175. The van der Waals surface area contributed by atoms with Crippen LogP contribution in [0.25, 0.3) is 0 Å². The van der Waals surface area contributed by atoms with E-state index < -0.39 is 0 Å². The summed E-state index contributed by atoms with van der Waals surface area (Å²) < 4.78 is 0. The number of carbonyl (C=O) groups excluding carboxylic acids is 1. The van der Waals surface area contributed by atoms with Crippen molar-refractivity contribution < 1.29 is 9.82 Å². The molecule has 2 N–H and O–H groups in total. The zero-order valence-corrected chi connectivity index (χ0v) is 4.42. The number of rotatable bonds is 1. The molecule has 1 saturated heterocycles. The van der Waals surface area contributed by atoms with E-state index in [1.54, 1.807) is 0 Å². The van der Waals surface area contributed by atoms with Crippen LogP contribution in [0.5, 0.6) is 0 Å². The highest BCUT2D eigenvalue weighted by molar-refractivity contribution is 6.27. The quantitative estimate of drug-likeness (QED) is 0.398. The van der Waals surface area contributed by atoms with Crippen molar-refractivity contribution in [3.05, 3.63) is 0 Å². The monoisotopic (exact) mass is 114 g/mol. The first-order valence-corrected chi connectivity index (χ1v) is 2.48. The highest BCUT2D eigenvalue weighted by atomic mass is 16.2. The van der Waals surface area contributed by atoms with Crippen LogP contribution in [0.1, 0.15) is 0 Å². The first kappa shape index (κ1) is 5.43. The summed E-state index contributed by atoms with van der Waals surface area (Å²) in [6, 6.07) is -0.174. The molecule has 0 aromatic heterocycles. The molecule has 1 aliphatic heterocycles. The van der Waals surface area contributed by atoms with Gasteiger partial charge in [-0.05, 0) is 0 Å². The molecule has 0 aromatic rings. The lowest BCUT2D eigenvalue weighted by Crippen LogP contribution is -2.31. The van der Waals surface area contributed by atoms with Crippen LogP contribution < -0.4 is 5.32 Å². The van der Waals surface area contributed by atoms with E-state index in [0.717, 1.165) is 0 Å². The van der Waals surface area contributed by atoms with Gasteiger partial charge in [-0.15, -0.1) is 0 Å². The lowest BCUT2D eigenvalue weighted by atomic mass is 10.2. The lowest BCUT2D eigenvalue weighted by Gasteiger charge is -2.05. The van der Waals surface area contributed by atoms with E-state index in [1.807, 2.05) is 0 Å². The Bertz CT molecular complexity index is 107. The number of amides is 2. The maximum Gasteiger partial charge on any atom is 0.397 e. The highest BCUT2D eigenvalue weighted by Crippen LogP contribution is 1.90. The molecule has 0 spiro atoms. The molecule has 0 unspecified atom stereocenters. The third kappa shape index (κ3) is 0.766. The second-order valence-electron chi connectivity index (χ2n) is 1.64. The summed E-state index contributed by atoms with van der Waals surface area (Å²) in [5.41, 5.74) is 0. The van der Waals surface area contributed by atoms with Crippen LogP contribution >= 0.6 is 0 Å². The van der Waals surface area contributed by atoms with E-state index in [4.69, 9.17) is 5.02 Å². The number of carbonyl (C=O) groups is 1. The summed E-state index contributed by atoms with van der Waals surface area (Å²) in [4.78, 5) is 11.8. The van der Waals surface area contributed by atoms with Crippen molar-refractivity contribution in [2.24, 2.45) is 0 Å². The Morgan fingerprint density at radius 3 is 2.88 bits per heavy atom. The minimum absolute atomic E-state index is 0.174. The maximum absolute atomic E-state index is 10.5. The van der Waals surface area contributed by atoms with Crippen LogP contribution in [0.3, 0.4) is 0 Å². The van der Waals surface area contributed by atoms with Gasteiger partial charge in [-0.2, -0.15) is 0 Å². The van der Waals surface area contributed by atoms with Gasteiger partial charge in [0.05, 0.1) is 0 Å². The standard InChI is InChI=1S/C3H7BN2O2/c7-3-5-1-2-6(3)4-8/h4,8H,1-2H2,(H,5,7). The molecule has 44 valence electrons. The van der Waals surface area contributed by atoms with Crippen molar-refractivity contribution in [1.29, 1.82) is 0 Å². The SMILES string of the molecule is O=C1NCCN1BO. The summed E-state index contributed by atoms with van der Waals surface area (Å²) in [5, 5.41) is 10.9. The van der Waals surface area contributed by atoms with Gasteiger partial charge in [0, 0.05) is 13.1 Å². The molecule has 0 radical (unpaired) electrons. The Labute approximate surface area is 47.8 Å². The van der Waals surface area contributed by atoms with Crippen molar-refractivity contribution in [3.8, 4) is 0 Å². The van der Waals surface area contributed by atoms with E-state index in [0.29, 0.717) is 13.1 Å². The van der Waals surface area contributed by atoms with E-state index in [-0.39, 0.29) is 13.6 Å². The summed E-state index contributed by atoms with van der Waals surface area (Å²) in [6.07, 6.45) is 0. The molecular weight excluding hydrogens is 107 g/mol. The Hall–Kier alpha value is -0.705. The average molecular weight is 114 g/mol. The molecule has 1 rings (SSSR count). The second-order valence-corrected chi connectivity index (χ2v) is 1.64. The third-order valence-corrected chi connectivity index (χ3v) is 1.12. The van der Waals surface area contributed by atoms with Gasteiger partial charge in [0.1, 0.15) is 0 Å². The first-order chi connectivity index (χ1) is 3.84. The summed E-state index contributed by atoms with van der Waals surface area (Å²) in [7, 11) is -0.175. The zero-order chi connectivity index (χ0) is 5.98. The number of nitrogens with zero attached hydrogens (tertiary/aromatic N) is 1. The van der Waals surface area contributed by atoms with Crippen molar-refractivity contribution in [2.45, 2.75) is 0 Å². The van der Waals surface area contributed by atoms with Crippen LogP contribution in [-0.4, -0.2) is 36.6 Å². The van der Waals surface area contributed by atoms with E-state index >= 15 is 0 Å². The van der Waals surface area contributed by atoms with E-state index in [1.165, 1.54) is 4.81 Å². The predicted octanol–water partition coefficient (Wildman–Crippen LogP) is -1.73. The predicted molar refractivity (Wildman–Crippen MR) is 29.5 cm³/mol. The van der Waals surface area contributed by atoms with Crippen molar-refractivity contribution in [2.75, 3.05) is 13.1 Å². The topological polar surface area (TPSA) is 52.6 Å². The second kappa shape index (κ2) is 2.04. The zero-order valence-electron chi connectivity index (χ0n) is 4.42. The fourth-order valence-corrected chi connectivity index (χ4v) is 0.646. The maximum atomic E-state index is 10.5. The first-order valence-electron chi connectivity index (χ1n) is 2.48. The third-order valence-electron chi connectivity index (χ3n) is 1.12. The van der Waals surface area contributed by atoms with E-state index in [9.17, 15) is 4.79 Å². The van der Waals surface area contributed by atoms with Crippen LogP contribution in [0, 0.1) is 0 Å². The van der Waals surface area contributed by atoms with Crippen molar-refractivity contribution in [3.63, 3.8) is 0 Å². The molecule has 8 heavy (non-hydrogen) atoms. The molecule has 1 aliphatic rings. The van der Waals surface area contributed by atoms with Gasteiger partial charge in [0.15, 0.2) is 0 Å². The molecule has 0 aliphatic carbocycles. The molecular formula is C3H7BN2O2. The number of hydrogen-bond acceptors (Lipinski definition) is 2. The van der Waals surface area contributed by atoms with Gasteiger partial charge in [-0.25, -0.2) is 4.79 Å². The lowest BCUT2D eigenvalue weighted by molar-refractivity contribution is 0.233. The Balaban J connectivity index is 2.42. The molecule has 5 heteroatoms. The highest BCUT2D eigenvalue weighted by Gasteiger charge is 2.18. The normalized spacial score (nSPS) is 18.6. The summed E-state index contributed by atoms with van der Waals surface area (Å²) in [6.45, 7) is 1.27. The molecule has 4 nitrogen and oxygen atoms in total. The molecule has 1 fully saturated rings. The Morgan fingerprint density at radius 1 is 1.88 bits per heavy atom. The molecule has 2 amide bonds. The van der Waals surface area contributed by atoms with Gasteiger partial charge >= 0.3 is 13.6 Å². The largest absolute Gasteiger partial charge is 0.435 e. The van der Waals surface area contributed by atoms with Gasteiger partial charge in [0.25, 0.3) is 0 Å². The minimum Gasteiger partial charge on any atom is -0.435 e. The Morgan fingerprint density at radius 2 is 2.62 bits per heavy atom. The molecule has 0 bridgehead atoms. The van der Waals surface area contributed by atoms with Gasteiger partial charge in [0.2, 0.25) is 0 Å². The van der Waals surface area contributed by atoms with Crippen LogP contribution in [0.2, 0.25) is 0 Å². The molecule has 0 atom stereocenters. The molecule has 0 aromatic carbocycles. The summed E-state index contributed by atoms with van der Waals surface area (Å²) >= 11 is 0. The number of nitrogens with one attached hydrogen (secondary N) is 1. The molecule has 1 heterocycles. The van der Waals surface area contributed by atoms with Crippen molar-refractivity contribution in [1.82, 2.24) is 10.1 Å². The fraction of sp³-hybridized carbons (Fsp3) is 0.667. The van der Waals surface area contributed by atoms with Crippen LogP contribution in [0.15, 0.2) is 0 Å². The van der Waals surface area contributed by atoms with Crippen LogP contribution in [0.4, 0.5) is 4.79 Å². The van der Waals surface area contributed by atoms with Gasteiger partial charge in [-0.1, -0.05) is 0 Å². The molecule has 0 saturated carbocycles. The number of hydrogen-bond donors (Lipinski definition) is 2. The smallest absolute Gasteiger partial charge is 0.397 e. The van der Waals surface area contributed by atoms with Gasteiger partial charge in [-0.3, -0.25) is 0 Å². The van der Waals surface area contributed by atoms with Gasteiger partial charge < -0.3 is 15.2 Å². The summed E-state index contributed by atoms with van der Waals surface area (Å²) in [5.74, 6) is 0. The Kier molecular flexibility index (Phi) is 1.39. The van der Waals surface area contributed by atoms with Crippen molar-refractivity contribution >= 4 is 13.6 Å². The average Bonchev–Trinajstić information content (AvgIpc) is 2.14. The fourth-order valence-electron chi connectivity index (χ4n) is 0.646.